The number of nitrogen functional groups attached to an aromatic ring is 1. The second-order valence-electron chi connectivity index (χ2n) is 6.04. The predicted molar refractivity (Wildman–Crippen MR) is 92.7 cm³/mol. The molecule has 1 fully saturated rings. The number of ether oxygens (including phenoxy) is 1. The van der Waals surface area contributed by atoms with E-state index in [4.69, 9.17) is 10.5 Å². The van der Waals surface area contributed by atoms with Crippen molar-refractivity contribution < 1.29 is 14.9 Å². The molecule has 1 saturated heterocycles. The van der Waals surface area contributed by atoms with Gasteiger partial charge in [-0.3, -0.25) is 4.57 Å². The van der Waals surface area contributed by atoms with Crippen LogP contribution in [0.1, 0.15) is 38.2 Å². The summed E-state index contributed by atoms with van der Waals surface area (Å²) in [6, 6.07) is 0. The van der Waals surface area contributed by atoms with Crippen molar-refractivity contribution in [3.63, 3.8) is 0 Å². The highest BCUT2D eigenvalue weighted by Gasteiger charge is 2.43. The third kappa shape index (κ3) is 3.08. The number of fused-ring (bicyclic) bond motifs is 1. The van der Waals surface area contributed by atoms with Gasteiger partial charge in [0.1, 0.15) is 23.5 Å². The Morgan fingerprint density at radius 1 is 1.29 bits per heavy atom. The molecule has 0 amide bonds. The summed E-state index contributed by atoms with van der Waals surface area (Å²) in [7, 11) is 0. The summed E-state index contributed by atoms with van der Waals surface area (Å²) in [5.74, 6) is 1.26. The standard InChI is InChI=1S/C15H23N5O3S/c1-2-3-4-5-9-18-13(16)10-14(19-9)20(7-17-10)15-12(22)11(21)8(6-24)23-15/h7-8,11-12,15,21-22,24H,2-6H2,1H3,(H2,16,18,19)/t8-,11-,12-,15-/m1/s1. The number of thiol groups is 1. The first-order chi connectivity index (χ1) is 11.6. The molecule has 0 spiro atoms. The van der Waals surface area contributed by atoms with Crippen molar-refractivity contribution in [1.29, 1.82) is 0 Å². The van der Waals surface area contributed by atoms with E-state index in [0.717, 1.165) is 25.7 Å². The molecule has 8 nitrogen and oxygen atoms in total. The maximum absolute atomic E-state index is 10.3. The topological polar surface area (TPSA) is 119 Å². The third-order valence-corrected chi connectivity index (χ3v) is 4.65. The smallest absolute Gasteiger partial charge is 0.167 e. The van der Waals surface area contributed by atoms with E-state index >= 15 is 0 Å². The highest BCUT2D eigenvalue weighted by Crippen LogP contribution is 2.32. The average molecular weight is 353 g/mol. The van der Waals surface area contributed by atoms with Crippen LogP contribution in [0.4, 0.5) is 5.82 Å². The normalized spacial score (nSPS) is 27.2. The highest BCUT2D eigenvalue weighted by molar-refractivity contribution is 7.80. The molecule has 1 aliphatic heterocycles. The molecule has 0 aromatic carbocycles. The van der Waals surface area contributed by atoms with Crippen molar-refractivity contribution in [2.75, 3.05) is 11.5 Å². The molecule has 1 aliphatic rings. The molecule has 2 aromatic rings. The molecule has 0 aliphatic carbocycles. The van der Waals surface area contributed by atoms with Crippen LogP contribution >= 0.6 is 12.6 Å². The summed E-state index contributed by atoms with van der Waals surface area (Å²) in [6.07, 6.45) is 2.02. The van der Waals surface area contributed by atoms with Gasteiger partial charge in [0.25, 0.3) is 0 Å². The van der Waals surface area contributed by atoms with Crippen molar-refractivity contribution in [2.24, 2.45) is 0 Å². The summed E-state index contributed by atoms with van der Waals surface area (Å²) in [5, 5.41) is 20.3. The van der Waals surface area contributed by atoms with Gasteiger partial charge in [0.2, 0.25) is 0 Å². The number of rotatable bonds is 6. The van der Waals surface area contributed by atoms with Crippen LogP contribution in [0.5, 0.6) is 0 Å². The lowest BCUT2D eigenvalue weighted by atomic mass is 10.1. The maximum atomic E-state index is 10.3. The Morgan fingerprint density at radius 2 is 2.08 bits per heavy atom. The number of hydrogen-bond donors (Lipinski definition) is 4. The minimum absolute atomic E-state index is 0.306. The van der Waals surface area contributed by atoms with Crippen LogP contribution in [0.15, 0.2) is 6.33 Å². The van der Waals surface area contributed by atoms with Crippen LogP contribution in [0, 0.1) is 0 Å². The molecule has 0 radical (unpaired) electrons. The van der Waals surface area contributed by atoms with E-state index in [0.29, 0.717) is 28.6 Å². The summed E-state index contributed by atoms with van der Waals surface area (Å²) in [5.41, 5.74) is 6.97. The van der Waals surface area contributed by atoms with Crippen molar-refractivity contribution in [3.05, 3.63) is 12.2 Å². The van der Waals surface area contributed by atoms with Crippen molar-refractivity contribution in [3.8, 4) is 0 Å². The highest BCUT2D eigenvalue weighted by atomic mass is 32.1. The van der Waals surface area contributed by atoms with E-state index in [-0.39, 0.29) is 0 Å². The molecular formula is C15H23N5O3S. The molecule has 0 saturated carbocycles. The van der Waals surface area contributed by atoms with Crippen molar-refractivity contribution in [2.45, 2.75) is 57.1 Å². The lowest BCUT2D eigenvalue weighted by molar-refractivity contribution is -0.0288. The lowest BCUT2D eigenvalue weighted by Crippen LogP contribution is -2.32. The molecule has 4 N–H and O–H groups in total. The van der Waals surface area contributed by atoms with Gasteiger partial charge < -0.3 is 20.7 Å². The summed E-state index contributed by atoms with van der Waals surface area (Å²) in [4.78, 5) is 13.1. The van der Waals surface area contributed by atoms with E-state index in [2.05, 4.69) is 34.5 Å². The summed E-state index contributed by atoms with van der Waals surface area (Å²) < 4.78 is 7.32. The monoisotopic (exact) mass is 353 g/mol. The molecule has 2 aromatic heterocycles. The molecule has 132 valence electrons. The van der Waals surface area contributed by atoms with Gasteiger partial charge in [0.15, 0.2) is 17.7 Å². The second kappa shape index (κ2) is 7.22. The summed E-state index contributed by atoms with van der Waals surface area (Å²) in [6.45, 7) is 2.13. The number of anilines is 1. The zero-order valence-corrected chi connectivity index (χ0v) is 14.4. The lowest BCUT2D eigenvalue weighted by Gasteiger charge is -2.16. The Hall–Kier alpha value is -1.42. The quantitative estimate of drug-likeness (QED) is 0.445. The number of aromatic nitrogens is 4. The minimum atomic E-state index is -1.08. The first kappa shape index (κ1) is 17.4. The van der Waals surface area contributed by atoms with Gasteiger partial charge in [-0.25, -0.2) is 15.0 Å². The van der Waals surface area contributed by atoms with E-state index < -0.39 is 24.5 Å². The Labute approximate surface area is 145 Å². The number of nitrogens with zero attached hydrogens (tertiary/aromatic N) is 4. The van der Waals surface area contributed by atoms with E-state index in [1.54, 1.807) is 4.57 Å². The first-order valence-electron chi connectivity index (χ1n) is 8.18. The molecule has 3 heterocycles. The molecule has 4 atom stereocenters. The number of aliphatic hydroxyl groups excluding tert-OH is 2. The van der Waals surface area contributed by atoms with Gasteiger partial charge in [0, 0.05) is 12.2 Å². The molecular weight excluding hydrogens is 330 g/mol. The third-order valence-electron chi connectivity index (χ3n) is 4.29. The van der Waals surface area contributed by atoms with Crippen molar-refractivity contribution in [1.82, 2.24) is 19.5 Å². The molecule has 3 rings (SSSR count). The second-order valence-corrected chi connectivity index (χ2v) is 6.40. The van der Waals surface area contributed by atoms with Crippen LogP contribution in [0.2, 0.25) is 0 Å². The first-order valence-corrected chi connectivity index (χ1v) is 8.81. The Bertz CT molecular complexity index is 710. The molecule has 9 heteroatoms. The Kier molecular flexibility index (Phi) is 5.24. The maximum Gasteiger partial charge on any atom is 0.167 e. The van der Waals surface area contributed by atoms with Gasteiger partial charge in [-0.1, -0.05) is 19.8 Å². The number of nitrogens with two attached hydrogens (primary N) is 1. The Balaban J connectivity index is 1.94. The molecule has 0 unspecified atom stereocenters. The Morgan fingerprint density at radius 3 is 2.75 bits per heavy atom. The van der Waals surface area contributed by atoms with Gasteiger partial charge in [-0.05, 0) is 6.42 Å². The summed E-state index contributed by atoms with van der Waals surface area (Å²) >= 11 is 4.14. The zero-order chi connectivity index (χ0) is 17.3. The number of unbranched alkanes of at least 4 members (excludes halogenated alkanes) is 2. The van der Waals surface area contributed by atoms with Crippen LogP contribution in [-0.4, -0.2) is 53.8 Å². The van der Waals surface area contributed by atoms with Gasteiger partial charge in [-0.15, -0.1) is 0 Å². The predicted octanol–water partition coefficient (Wildman–Crippen LogP) is 0.690. The van der Waals surface area contributed by atoms with Crippen LogP contribution < -0.4 is 5.73 Å². The fourth-order valence-corrected chi connectivity index (χ4v) is 3.23. The molecule has 24 heavy (non-hydrogen) atoms. The molecule has 0 bridgehead atoms. The van der Waals surface area contributed by atoms with E-state index in [9.17, 15) is 10.2 Å². The van der Waals surface area contributed by atoms with E-state index in [1.165, 1.54) is 6.33 Å². The average Bonchev–Trinajstić information content (AvgIpc) is 3.10. The van der Waals surface area contributed by atoms with Gasteiger partial charge in [-0.2, -0.15) is 12.6 Å². The van der Waals surface area contributed by atoms with E-state index in [1.807, 2.05) is 0 Å². The van der Waals surface area contributed by atoms with Crippen molar-refractivity contribution >= 4 is 29.6 Å². The number of imidazole rings is 1. The van der Waals surface area contributed by atoms with Crippen LogP contribution in [0.3, 0.4) is 0 Å². The number of aryl methyl sites for hydroxylation is 1. The number of hydrogen-bond acceptors (Lipinski definition) is 8. The fraction of sp³-hybridized carbons (Fsp3) is 0.667. The largest absolute Gasteiger partial charge is 0.387 e. The van der Waals surface area contributed by atoms with Crippen LogP contribution in [0.25, 0.3) is 11.2 Å². The zero-order valence-electron chi connectivity index (χ0n) is 13.5. The SMILES string of the molecule is CCCCCc1nc(N)c2ncn([C@@H]3O[C@H](CS)[C@@H](O)[C@H]3O)c2n1. The van der Waals surface area contributed by atoms with Gasteiger partial charge in [0.05, 0.1) is 12.4 Å². The van der Waals surface area contributed by atoms with Gasteiger partial charge >= 0.3 is 0 Å². The minimum Gasteiger partial charge on any atom is -0.387 e. The number of aliphatic hydroxyl groups is 2. The van der Waals surface area contributed by atoms with Crippen LogP contribution in [-0.2, 0) is 11.2 Å². The fourth-order valence-electron chi connectivity index (χ4n) is 2.93.